The zero-order chi connectivity index (χ0) is 13.4. The molecule has 0 N–H and O–H groups in total. The van der Waals surface area contributed by atoms with Crippen LogP contribution in [0, 0.1) is 5.82 Å². The maximum Gasteiger partial charge on any atom is 0.162 e. The maximum atomic E-state index is 13.9. The van der Waals surface area contributed by atoms with Gasteiger partial charge in [0.2, 0.25) is 0 Å². The fraction of sp³-hybridized carbons (Fsp3) is 0. The summed E-state index contributed by atoms with van der Waals surface area (Å²) >= 11 is 6.63. The highest BCUT2D eigenvalue weighted by Crippen LogP contribution is 2.25. The van der Waals surface area contributed by atoms with E-state index in [9.17, 15) is 4.39 Å². The Bertz CT molecular complexity index is 774. The Hall–Kier alpha value is -1.33. The van der Waals surface area contributed by atoms with Crippen molar-refractivity contribution in [2.45, 2.75) is 0 Å². The monoisotopic (exact) mass is 380 g/mol. The van der Waals surface area contributed by atoms with Gasteiger partial charge in [-0.15, -0.1) is 0 Å². The summed E-state index contributed by atoms with van der Waals surface area (Å²) in [4.78, 5) is 8.61. The molecule has 94 valence electrons. The Labute approximate surface area is 126 Å². The molecule has 2 nitrogen and oxygen atoms in total. The molecule has 2 aromatic carbocycles. The Balaban J connectivity index is 2.17. The molecule has 1 heterocycles. The molecule has 1 aromatic heterocycles. The molecule has 0 unspecified atom stereocenters. The predicted octanol–water partition coefficient (Wildman–Crippen LogP) is 4.96. The van der Waals surface area contributed by atoms with Gasteiger partial charge in [0.15, 0.2) is 5.82 Å². The van der Waals surface area contributed by atoms with Gasteiger partial charge >= 0.3 is 0 Å². The molecule has 0 spiro atoms. The minimum Gasteiger partial charge on any atom is -0.236 e. The fourth-order valence-electron chi connectivity index (χ4n) is 1.80. The van der Waals surface area contributed by atoms with Gasteiger partial charge in [-0.2, -0.15) is 0 Å². The summed E-state index contributed by atoms with van der Waals surface area (Å²) in [6, 6.07) is 10.5. The van der Waals surface area contributed by atoms with E-state index >= 15 is 0 Å². The maximum absolute atomic E-state index is 13.9. The van der Waals surface area contributed by atoms with Gasteiger partial charge in [0.1, 0.15) is 5.82 Å². The van der Waals surface area contributed by atoms with Crippen LogP contribution in [0.1, 0.15) is 0 Å². The SMILES string of the molecule is Fc1cc(Br)ccc1-c1ncc2cc(Br)ccc2n1. The minimum absolute atomic E-state index is 0.342. The zero-order valence-corrected chi connectivity index (χ0v) is 12.7. The normalized spacial score (nSPS) is 10.9. The molecule has 3 rings (SSSR count). The molecule has 0 aliphatic carbocycles. The van der Waals surface area contributed by atoms with Crippen LogP contribution in [0.15, 0.2) is 51.5 Å². The quantitative estimate of drug-likeness (QED) is 0.595. The summed E-state index contributed by atoms with van der Waals surface area (Å²) in [6.07, 6.45) is 1.70. The van der Waals surface area contributed by atoms with E-state index in [2.05, 4.69) is 41.8 Å². The van der Waals surface area contributed by atoms with Crippen molar-refractivity contribution in [1.82, 2.24) is 9.97 Å². The summed E-state index contributed by atoms with van der Waals surface area (Å²) in [5.41, 5.74) is 1.18. The highest BCUT2D eigenvalue weighted by Gasteiger charge is 2.09. The second kappa shape index (κ2) is 4.98. The van der Waals surface area contributed by atoms with Crippen LogP contribution >= 0.6 is 31.9 Å². The Morgan fingerprint density at radius 1 is 0.947 bits per heavy atom. The average Bonchev–Trinajstić information content (AvgIpc) is 2.38. The first kappa shape index (κ1) is 12.7. The first-order valence-corrected chi connectivity index (χ1v) is 7.10. The average molecular weight is 382 g/mol. The number of halogens is 3. The summed E-state index contributed by atoms with van der Waals surface area (Å²) in [6.45, 7) is 0. The molecule has 0 atom stereocenters. The van der Waals surface area contributed by atoms with Crippen molar-refractivity contribution >= 4 is 42.8 Å². The second-order valence-electron chi connectivity index (χ2n) is 4.02. The number of fused-ring (bicyclic) bond motifs is 1. The molecule has 3 aromatic rings. The van der Waals surface area contributed by atoms with Crippen molar-refractivity contribution in [3.05, 3.63) is 57.4 Å². The smallest absolute Gasteiger partial charge is 0.162 e. The lowest BCUT2D eigenvalue weighted by atomic mass is 10.2. The largest absolute Gasteiger partial charge is 0.236 e. The molecule has 0 fully saturated rings. The number of nitrogens with zero attached hydrogens (tertiary/aromatic N) is 2. The van der Waals surface area contributed by atoms with Gasteiger partial charge in [-0.25, -0.2) is 14.4 Å². The van der Waals surface area contributed by atoms with E-state index in [1.165, 1.54) is 6.07 Å². The molecule has 0 aliphatic heterocycles. The Morgan fingerprint density at radius 2 is 1.68 bits per heavy atom. The number of aromatic nitrogens is 2. The lowest BCUT2D eigenvalue weighted by Crippen LogP contribution is -1.92. The van der Waals surface area contributed by atoms with Crippen LogP contribution < -0.4 is 0 Å². The van der Waals surface area contributed by atoms with E-state index < -0.39 is 0 Å². The second-order valence-corrected chi connectivity index (χ2v) is 5.85. The van der Waals surface area contributed by atoms with Crippen molar-refractivity contribution in [2.75, 3.05) is 0 Å². The molecule has 0 radical (unpaired) electrons. The summed E-state index contributed by atoms with van der Waals surface area (Å²) < 4.78 is 15.5. The summed E-state index contributed by atoms with van der Waals surface area (Å²) in [7, 11) is 0. The third-order valence-corrected chi connectivity index (χ3v) is 3.70. The molecular formula is C14H7Br2FN2. The van der Waals surface area contributed by atoms with Gasteiger partial charge in [-0.3, -0.25) is 0 Å². The van der Waals surface area contributed by atoms with Crippen LogP contribution in [0.3, 0.4) is 0 Å². The van der Waals surface area contributed by atoms with E-state index in [1.54, 1.807) is 18.3 Å². The third kappa shape index (κ3) is 2.53. The van der Waals surface area contributed by atoms with Crippen LogP contribution in [0.25, 0.3) is 22.3 Å². The van der Waals surface area contributed by atoms with Crippen molar-refractivity contribution < 1.29 is 4.39 Å². The molecule has 5 heteroatoms. The standard InChI is InChI=1S/C14H7Br2FN2/c15-9-2-4-13-8(5-9)7-18-14(19-13)11-3-1-10(16)6-12(11)17/h1-7H. The fourth-order valence-corrected chi connectivity index (χ4v) is 2.52. The van der Waals surface area contributed by atoms with E-state index in [1.807, 2.05) is 18.2 Å². The number of rotatable bonds is 1. The van der Waals surface area contributed by atoms with E-state index in [-0.39, 0.29) is 5.82 Å². The van der Waals surface area contributed by atoms with Gasteiger partial charge in [-0.05, 0) is 36.4 Å². The van der Waals surface area contributed by atoms with Gasteiger partial charge in [0.05, 0.1) is 11.1 Å². The van der Waals surface area contributed by atoms with Crippen LogP contribution in [-0.2, 0) is 0 Å². The van der Waals surface area contributed by atoms with Gasteiger partial charge in [0, 0.05) is 20.5 Å². The topological polar surface area (TPSA) is 25.8 Å². The van der Waals surface area contributed by atoms with Crippen LogP contribution in [0.4, 0.5) is 4.39 Å². The van der Waals surface area contributed by atoms with Gasteiger partial charge in [-0.1, -0.05) is 31.9 Å². The predicted molar refractivity (Wildman–Crippen MR) is 80.3 cm³/mol. The third-order valence-electron chi connectivity index (χ3n) is 2.71. The molecule has 0 aliphatic rings. The molecule has 0 saturated heterocycles. The zero-order valence-electron chi connectivity index (χ0n) is 9.57. The van der Waals surface area contributed by atoms with Gasteiger partial charge in [0.25, 0.3) is 0 Å². The number of benzene rings is 2. The van der Waals surface area contributed by atoms with Crippen molar-refractivity contribution in [3.63, 3.8) is 0 Å². The van der Waals surface area contributed by atoms with Crippen LogP contribution in [-0.4, -0.2) is 9.97 Å². The lowest BCUT2D eigenvalue weighted by Gasteiger charge is -2.04. The number of hydrogen-bond acceptors (Lipinski definition) is 2. The highest BCUT2D eigenvalue weighted by molar-refractivity contribution is 9.10. The number of hydrogen-bond donors (Lipinski definition) is 0. The Morgan fingerprint density at radius 3 is 2.47 bits per heavy atom. The van der Waals surface area contributed by atoms with E-state index in [0.717, 1.165) is 15.4 Å². The molecule has 19 heavy (non-hydrogen) atoms. The highest BCUT2D eigenvalue weighted by atomic mass is 79.9. The molecule has 0 amide bonds. The molecule has 0 saturated carbocycles. The molecule has 0 bridgehead atoms. The van der Waals surface area contributed by atoms with Crippen LogP contribution in [0.5, 0.6) is 0 Å². The summed E-state index contributed by atoms with van der Waals surface area (Å²) in [5, 5.41) is 0.913. The van der Waals surface area contributed by atoms with Gasteiger partial charge < -0.3 is 0 Å². The minimum atomic E-state index is -0.342. The van der Waals surface area contributed by atoms with Crippen LogP contribution in [0.2, 0.25) is 0 Å². The van der Waals surface area contributed by atoms with Crippen molar-refractivity contribution in [3.8, 4) is 11.4 Å². The first-order chi connectivity index (χ1) is 9.13. The Kier molecular flexibility index (Phi) is 3.33. The summed E-state index contributed by atoms with van der Waals surface area (Å²) in [5.74, 6) is 0.0469. The first-order valence-electron chi connectivity index (χ1n) is 5.51. The van der Waals surface area contributed by atoms with E-state index in [4.69, 9.17) is 0 Å². The van der Waals surface area contributed by atoms with E-state index in [0.29, 0.717) is 15.9 Å². The van der Waals surface area contributed by atoms with Crippen molar-refractivity contribution in [1.29, 1.82) is 0 Å². The molecular weight excluding hydrogens is 375 g/mol. The lowest BCUT2D eigenvalue weighted by molar-refractivity contribution is 0.629. The van der Waals surface area contributed by atoms with Crippen molar-refractivity contribution in [2.24, 2.45) is 0 Å².